The smallest absolute Gasteiger partial charge is 0.244 e. The van der Waals surface area contributed by atoms with E-state index in [9.17, 15) is 18.0 Å². The predicted octanol–water partition coefficient (Wildman–Crippen LogP) is 5.30. The van der Waals surface area contributed by atoms with Crippen LogP contribution in [0.25, 0.3) is 0 Å². The van der Waals surface area contributed by atoms with Crippen LogP contribution < -0.4 is 19.1 Å². The van der Waals surface area contributed by atoms with Crippen molar-refractivity contribution in [3.8, 4) is 11.5 Å². The van der Waals surface area contributed by atoms with Gasteiger partial charge in [-0.05, 0) is 66.8 Å². The Balaban J connectivity index is 1.55. The Labute approximate surface area is 261 Å². The molecule has 0 unspecified atom stereocenters. The van der Waals surface area contributed by atoms with E-state index in [0.717, 1.165) is 53.8 Å². The summed E-state index contributed by atoms with van der Waals surface area (Å²) in [6.07, 6.45) is 6.58. The van der Waals surface area contributed by atoms with Crippen LogP contribution in [0.2, 0.25) is 0 Å². The molecule has 2 amide bonds. The zero-order valence-electron chi connectivity index (χ0n) is 25.8. The van der Waals surface area contributed by atoms with Crippen LogP contribution >= 0.6 is 0 Å². The van der Waals surface area contributed by atoms with E-state index in [4.69, 9.17) is 9.47 Å². The van der Waals surface area contributed by atoms with Gasteiger partial charge in [-0.25, -0.2) is 8.42 Å². The lowest BCUT2D eigenvalue weighted by atomic mass is 9.95. The van der Waals surface area contributed by atoms with Crippen molar-refractivity contribution in [2.45, 2.75) is 70.7 Å². The minimum atomic E-state index is -3.84. The summed E-state index contributed by atoms with van der Waals surface area (Å²) in [6, 6.07) is 22.9. The monoisotopic (exact) mass is 621 g/mol. The number of hydrogen-bond donors (Lipinski definition) is 1. The van der Waals surface area contributed by atoms with E-state index >= 15 is 0 Å². The molecule has 10 heteroatoms. The largest absolute Gasteiger partial charge is 0.497 e. The van der Waals surface area contributed by atoms with Gasteiger partial charge < -0.3 is 19.7 Å². The molecule has 0 radical (unpaired) electrons. The van der Waals surface area contributed by atoms with E-state index in [2.05, 4.69) is 5.32 Å². The lowest BCUT2D eigenvalue weighted by molar-refractivity contribution is -0.140. The van der Waals surface area contributed by atoms with Gasteiger partial charge in [0.15, 0.2) is 0 Å². The molecule has 236 valence electrons. The molecule has 4 rings (SSSR count). The van der Waals surface area contributed by atoms with Gasteiger partial charge in [0.25, 0.3) is 0 Å². The Hall–Kier alpha value is -4.05. The minimum absolute atomic E-state index is 0.0818. The summed E-state index contributed by atoms with van der Waals surface area (Å²) < 4.78 is 38.2. The van der Waals surface area contributed by atoms with Gasteiger partial charge in [0, 0.05) is 12.6 Å². The third-order valence-corrected chi connectivity index (χ3v) is 9.04. The van der Waals surface area contributed by atoms with Crippen LogP contribution in [0.1, 0.15) is 56.6 Å². The molecule has 1 aliphatic carbocycles. The average molecular weight is 622 g/mol. The third-order valence-electron chi connectivity index (χ3n) is 7.90. The summed E-state index contributed by atoms with van der Waals surface area (Å²) in [7, 11) is -2.27. The normalized spacial score (nSPS) is 14.3. The lowest BCUT2D eigenvalue weighted by Crippen LogP contribution is -2.53. The zero-order chi connectivity index (χ0) is 31.5. The summed E-state index contributed by atoms with van der Waals surface area (Å²) in [5.74, 6) is 0.561. The summed E-state index contributed by atoms with van der Waals surface area (Å²) in [4.78, 5) is 29.1. The van der Waals surface area contributed by atoms with Crippen molar-refractivity contribution < 1.29 is 27.5 Å². The molecule has 9 nitrogen and oxygen atoms in total. The molecule has 3 aromatic carbocycles. The van der Waals surface area contributed by atoms with E-state index in [-0.39, 0.29) is 18.5 Å². The highest BCUT2D eigenvalue weighted by Crippen LogP contribution is 2.24. The number of carbonyl (C=O) groups excluding carboxylic acids is 2. The highest BCUT2D eigenvalue weighted by atomic mass is 32.2. The Morgan fingerprint density at radius 2 is 1.52 bits per heavy atom. The first-order valence-electron chi connectivity index (χ1n) is 15.1. The summed E-state index contributed by atoms with van der Waals surface area (Å²) in [6.45, 7) is 1.92. The zero-order valence-corrected chi connectivity index (χ0v) is 26.6. The molecular weight excluding hydrogens is 578 g/mol. The minimum Gasteiger partial charge on any atom is -0.497 e. The van der Waals surface area contributed by atoms with Crippen molar-refractivity contribution in [1.82, 2.24) is 10.2 Å². The molecule has 1 saturated carbocycles. The molecule has 1 atom stereocenters. The van der Waals surface area contributed by atoms with E-state index in [0.29, 0.717) is 30.2 Å². The number of sulfonamides is 1. The van der Waals surface area contributed by atoms with Crippen LogP contribution in [-0.4, -0.2) is 57.1 Å². The first kappa shape index (κ1) is 32.9. The number of anilines is 1. The second-order valence-corrected chi connectivity index (χ2v) is 13.1. The number of ether oxygens (including phenoxy) is 2. The van der Waals surface area contributed by atoms with Gasteiger partial charge in [-0.3, -0.25) is 13.9 Å². The first-order chi connectivity index (χ1) is 21.2. The summed E-state index contributed by atoms with van der Waals surface area (Å²) >= 11 is 0. The predicted molar refractivity (Wildman–Crippen MR) is 172 cm³/mol. The standard InChI is InChI=1S/C34H43N3O6S/c1-4-32(34(39)35-28-13-9-6-10-14-28)36(23-26-15-19-30(42-2)20-16-26)33(38)24-37(44(3,40)41)29-17-21-31(22-18-29)43-25-27-11-7-5-8-12-27/h5,7-8,11-12,15-22,28,32H,4,6,9-10,13-14,23-25H2,1-3H3,(H,35,39)/t32-/m1/s1. The number of nitrogens with one attached hydrogen (secondary N) is 1. The van der Waals surface area contributed by atoms with Crippen LogP contribution in [0, 0.1) is 0 Å². The van der Waals surface area contributed by atoms with Crippen LogP contribution in [0.4, 0.5) is 5.69 Å². The molecule has 0 bridgehead atoms. The number of methoxy groups -OCH3 is 1. The fraction of sp³-hybridized carbons (Fsp3) is 0.412. The Morgan fingerprint density at radius 1 is 0.886 bits per heavy atom. The fourth-order valence-electron chi connectivity index (χ4n) is 5.45. The van der Waals surface area contributed by atoms with E-state index in [1.165, 1.54) is 4.90 Å². The molecule has 1 N–H and O–H groups in total. The highest BCUT2D eigenvalue weighted by molar-refractivity contribution is 7.92. The number of rotatable bonds is 14. The molecule has 0 spiro atoms. The molecule has 0 saturated heterocycles. The Kier molecular flexibility index (Phi) is 11.7. The average Bonchev–Trinajstić information content (AvgIpc) is 3.03. The third kappa shape index (κ3) is 9.22. The molecular formula is C34H43N3O6S. The van der Waals surface area contributed by atoms with Crippen molar-refractivity contribution in [1.29, 1.82) is 0 Å². The van der Waals surface area contributed by atoms with E-state index in [1.54, 1.807) is 43.5 Å². The highest BCUT2D eigenvalue weighted by Gasteiger charge is 2.32. The van der Waals surface area contributed by atoms with Crippen molar-refractivity contribution >= 4 is 27.5 Å². The van der Waals surface area contributed by atoms with Crippen LogP contribution in [0.5, 0.6) is 11.5 Å². The number of nitrogens with zero attached hydrogens (tertiary/aromatic N) is 2. The molecule has 0 heterocycles. The summed E-state index contributed by atoms with van der Waals surface area (Å²) in [5, 5.41) is 3.16. The van der Waals surface area contributed by atoms with Crippen molar-refractivity contribution in [2.24, 2.45) is 0 Å². The second kappa shape index (κ2) is 15.6. The number of benzene rings is 3. The van der Waals surface area contributed by atoms with E-state index < -0.39 is 28.5 Å². The van der Waals surface area contributed by atoms with Crippen LogP contribution in [0.15, 0.2) is 78.9 Å². The van der Waals surface area contributed by atoms with Crippen molar-refractivity contribution in [3.05, 3.63) is 90.0 Å². The number of carbonyl (C=O) groups is 2. The summed E-state index contributed by atoms with van der Waals surface area (Å²) in [5.41, 5.74) is 2.14. The number of amides is 2. The van der Waals surface area contributed by atoms with Gasteiger partial charge in [0.05, 0.1) is 19.1 Å². The van der Waals surface area contributed by atoms with Crippen molar-refractivity contribution in [2.75, 3.05) is 24.2 Å². The molecule has 1 aliphatic rings. The molecule has 0 aliphatic heterocycles. The maximum atomic E-state index is 14.0. The van der Waals surface area contributed by atoms with Gasteiger partial charge >= 0.3 is 0 Å². The van der Waals surface area contributed by atoms with Crippen LogP contribution in [-0.2, 0) is 32.8 Å². The van der Waals surface area contributed by atoms with Gasteiger partial charge in [-0.1, -0.05) is 68.7 Å². The first-order valence-corrected chi connectivity index (χ1v) is 17.0. The fourth-order valence-corrected chi connectivity index (χ4v) is 6.30. The van der Waals surface area contributed by atoms with Crippen molar-refractivity contribution in [3.63, 3.8) is 0 Å². The van der Waals surface area contributed by atoms with Gasteiger partial charge in [-0.15, -0.1) is 0 Å². The van der Waals surface area contributed by atoms with E-state index in [1.807, 2.05) is 49.4 Å². The van der Waals surface area contributed by atoms with Crippen LogP contribution in [0.3, 0.4) is 0 Å². The molecule has 1 fully saturated rings. The molecule has 0 aromatic heterocycles. The Bertz CT molecular complexity index is 1460. The maximum absolute atomic E-state index is 14.0. The second-order valence-electron chi connectivity index (χ2n) is 11.2. The SMILES string of the molecule is CC[C@H](C(=O)NC1CCCCC1)N(Cc1ccc(OC)cc1)C(=O)CN(c1ccc(OCc2ccccc2)cc1)S(C)(=O)=O. The molecule has 3 aromatic rings. The van der Waals surface area contributed by atoms with Gasteiger partial charge in [0.1, 0.15) is 30.7 Å². The molecule has 44 heavy (non-hydrogen) atoms. The van der Waals surface area contributed by atoms with Gasteiger partial charge in [-0.2, -0.15) is 0 Å². The van der Waals surface area contributed by atoms with Gasteiger partial charge in [0.2, 0.25) is 21.8 Å². The quantitative estimate of drug-likeness (QED) is 0.262. The Morgan fingerprint density at radius 3 is 2.11 bits per heavy atom. The number of hydrogen-bond acceptors (Lipinski definition) is 6. The lowest BCUT2D eigenvalue weighted by Gasteiger charge is -2.34. The maximum Gasteiger partial charge on any atom is 0.244 e. The topological polar surface area (TPSA) is 105 Å².